The van der Waals surface area contributed by atoms with Crippen LogP contribution in [0.5, 0.6) is 0 Å². The number of allylic oxidation sites excluding steroid dienone is 1. The first-order chi connectivity index (χ1) is 15.1. The lowest BCUT2D eigenvalue weighted by Gasteiger charge is -2.09. The summed E-state index contributed by atoms with van der Waals surface area (Å²) in [5, 5.41) is 4.82. The van der Waals surface area contributed by atoms with Crippen LogP contribution in [0.2, 0.25) is 0 Å². The van der Waals surface area contributed by atoms with Gasteiger partial charge in [-0.2, -0.15) is 5.10 Å². The van der Waals surface area contributed by atoms with Gasteiger partial charge in [0.15, 0.2) is 0 Å². The normalized spacial score (nSPS) is 11.7. The highest BCUT2D eigenvalue weighted by Gasteiger charge is 2.13. The Balaban J connectivity index is 1.61. The summed E-state index contributed by atoms with van der Waals surface area (Å²) in [6, 6.07) is 25.0. The first-order valence-corrected chi connectivity index (χ1v) is 9.82. The Kier molecular flexibility index (Phi) is 5.94. The van der Waals surface area contributed by atoms with Crippen molar-refractivity contribution in [2.75, 3.05) is 0 Å². The molecule has 0 unspecified atom stereocenters. The van der Waals surface area contributed by atoms with Crippen LogP contribution >= 0.6 is 0 Å². The summed E-state index contributed by atoms with van der Waals surface area (Å²) in [6.07, 6.45) is 3.58. The smallest absolute Gasteiger partial charge is 0.267 e. The third-order valence-electron chi connectivity index (χ3n) is 4.73. The van der Waals surface area contributed by atoms with E-state index in [9.17, 15) is 9.18 Å². The molecule has 0 spiro atoms. The molecule has 1 amide bonds. The Morgan fingerprint density at radius 1 is 0.968 bits per heavy atom. The van der Waals surface area contributed by atoms with Crippen LogP contribution in [0, 0.1) is 5.82 Å². The van der Waals surface area contributed by atoms with Crippen LogP contribution in [0.15, 0.2) is 95.6 Å². The predicted molar refractivity (Wildman–Crippen MR) is 123 cm³/mol. The lowest BCUT2D eigenvalue weighted by atomic mass is 10.0. The number of aromatic nitrogens is 1. The minimum atomic E-state index is -0.342. The van der Waals surface area contributed by atoms with E-state index in [1.54, 1.807) is 24.4 Å². The molecule has 0 bridgehead atoms. The standard InChI is InChI=1S/C26H20FN3O/c1-18(15-19-7-3-2-4-8-19)17-28-30-26(31)23-16-25(20-11-13-21(27)14-12-20)29-24-10-6-5-9-22(23)24/h2-17H,1H3,(H,30,31)/b18-15+,28-17-. The Morgan fingerprint density at radius 2 is 1.68 bits per heavy atom. The van der Waals surface area contributed by atoms with E-state index in [0.29, 0.717) is 16.8 Å². The zero-order valence-corrected chi connectivity index (χ0v) is 16.9. The van der Waals surface area contributed by atoms with Crippen molar-refractivity contribution in [1.82, 2.24) is 10.4 Å². The van der Waals surface area contributed by atoms with Gasteiger partial charge < -0.3 is 0 Å². The van der Waals surface area contributed by atoms with E-state index >= 15 is 0 Å². The molecular weight excluding hydrogens is 389 g/mol. The molecule has 4 aromatic rings. The number of benzene rings is 3. The molecule has 5 heteroatoms. The van der Waals surface area contributed by atoms with Crippen molar-refractivity contribution in [2.24, 2.45) is 5.10 Å². The molecule has 0 saturated heterocycles. The average Bonchev–Trinajstić information content (AvgIpc) is 2.79. The van der Waals surface area contributed by atoms with Gasteiger partial charge in [-0.1, -0.05) is 54.6 Å². The first-order valence-electron chi connectivity index (χ1n) is 9.82. The van der Waals surface area contributed by atoms with Gasteiger partial charge in [-0.15, -0.1) is 0 Å². The van der Waals surface area contributed by atoms with Gasteiger partial charge in [0.1, 0.15) is 5.82 Å². The number of hydrogen-bond acceptors (Lipinski definition) is 3. The average molecular weight is 409 g/mol. The molecule has 1 aromatic heterocycles. The highest BCUT2D eigenvalue weighted by molar-refractivity contribution is 6.07. The zero-order valence-electron chi connectivity index (χ0n) is 16.9. The van der Waals surface area contributed by atoms with Crippen LogP contribution < -0.4 is 5.43 Å². The number of nitrogens with zero attached hydrogens (tertiary/aromatic N) is 2. The fraction of sp³-hybridized carbons (Fsp3) is 0.0385. The minimum absolute atomic E-state index is 0.323. The number of pyridine rings is 1. The molecule has 3 aromatic carbocycles. The number of nitrogens with one attached hydrogen (secondary N) is 1. The van der Waals surface area contributed by atoms with Crippen molar-refractivity contribution in [3.63, 3.8) is 0 Å². The summed E-state index contributed by atoms with van der Waals surface area (Å²) in [5.74, 6) is -0.665. The van der Waals surface area contributed by atoms with E-state index < -0.39 is 0 Å². The van der Waals surface area contributed by atoms with E-state index in [1.165, 1.54) is 12.1 Å². The van der Waals surface area contributed by atoms with Crippen LogP contribution in [0.4, 0.5) is 4.39 Å². The Hall–Kier alpha value is -4.12. The van der Waals surface area contributed by atoms with Crippen LogP contribution in [0.1, 0.15) is 22.8 Å². The predicted octanol–water partition coefficient (Wildman–Crippen LogP) is 5.86. The van der Waals surface area contributed by atoms with Gasteiger partial charge in [0, 0.05) is 10.9 Å². The third-order valence-corrected chi connectivity index (χ3v) is 4.73. The van der Waals surface area contributed by atoms with E-state index in [2.05, 4.69) is 15.5 Å². The SMILES string of the molecule is CC(/C=N\NC(=O)c1cc(-c2ccc(F)cc2)nc2ccccc12)=C\c1ccccc1. The fourth-order valence-electron chi connectivity index (χ4n) is 3.23. The Bertz CT molecular complexity index is 1280. The molecule has 0 saturated carbocycles. The van der Waals surface area contributed by atoms with Crippen LogP contribution in [-0.4, -0.2) is 17.1 Å². The molecule has 0 aliphatic heterocycles. The molecule has 0 atom stereocenters. The number of fused-ring (bicyclic) bond motifs is 1. The number of carbonyl (C=O) groups excluding carboxylic acids is 1. The number of para-hydroxylation sites is 1. The monoisotopic (exact) mass is 409 g/mol. The van der Waals surface area contributed by atoms with Crippen LogP contribution in [0.25, 0.3) is 28.2 Å². The second kappa shape index (κ2) is 9.13. The lowest BCUT2D eigenvalue weighted by Crippen LogP contribution is -2.18. The molecule has 0 fully saturated rings. The number of hydrazone groups is 1. The largest absolute Gasteiger partial charge is 0.272 e. The summed E-state index contributed by atoms with van der Waals surface area (Å²) in [7, 11) is 0. The van der Waals surface area contributed by atoms with Crippen molar-refractivity contribution in [2.45, 2.75) is 6.92 Å². The van der Waals surface area contributed by atoms with Crippen molar-refractivity contribution in [3.05, 3.63) is 107 Å². The Labute approximate surface area is 179 Å². The maximum Gasteiger partial charge on any atom is 0.272 e. The summed E-state index contributed by atoms with van der Waals surface area (Å²) in [5.41, 5.74) is 7.00. The number of carbonyl (C=O) groups is 1. The van der Waals surface area contributed by atoms with Crippen molar-refractivity contribution in [3.8, 4) is 11.3 Å². The van der Waals surface area contributed by atoms with Crippen LogP contribution in [-0.2, 0) is 0 Å². The summed E-state index contributed by atoms with van der Waals surface area (Å²) in [6.45, 7) is 1.91. The van der Waals surface area contributed by atoms with Gasteiger partial charge in [0.05, 0.1) is 23.0 Å². The van der Waals surface area contributed by atoms with E-state index in [0.717, 1.165) is 22.1 Å². The molecule has 1 heterocycles. The van der Waals surface area contributed by atoms with Gasteiger partial charge in [-0.25, -0.2) is 14.8 Å². The highest BCUT2D eigenvalue weighted by atomic mass is 19.1. The molecule has 4 rings (SSSR count). The molecule has 0 aliphatic carbocycles. The van der Waals surface area contributed by atoms with Gasteiger partial charge in [0.2, 0.25) is 0 Å². The minimum Gasteiger partial charge on any atom is -0.267 e. The topological polar surface area (TPSA) is 54.4 Å². The van der Waals surface area contributed by atoms with E-state index in [-0.39, 0.29) is 11.7 Å². The molecule has 152 valence electrons. The summed E-state index contributed by atoms with van der Waals surface area (Å²) < 4.78 is 13.3. The molecule has 0 aliphatic rings. The quantitative estimate of drug-likeness (QED) is 0.332. The lowest BCUT2D eigenvalue weighted by molar-refractivity contribution is 0.0956. The highest BCUT2D eigenvalue weighted by Crippen LogP contribution is 2.25. The molecule has 31 heavy (non-hydrogen) atoms. The van der Waals surface area contributed by atoms with Crippen molar-refractivity contribution in [1.29, 1.82) is 0 Å². The maximum absolute atomic E-state index is 13.3. The van der Waals surface area contributed by atoms with Gasteiger partial charge in [-0.3, -0.25) is 4.79 Å². The van der Waals surface area contributed by atoms with Crippen molar-refractivity contribution < 1.29 is 9.18 Å². The number of rotatable bonds is 5. The van der Waals surface area contributed by atoms with E-state index in [4.69, 9.17) is 0 Å². The Morgan fingerprint density at radius 3 is 2.45 bits per heavy atom. The number of halogens is 1. The van der Waals surface area contributed by atoms with Crippen LogP contribution in [0.3, 0.4) is 0 Å². The summed E-state index contributed by atoms with van der Waals surface area (Å²) in [4.78, 5) is 17.5. The third kappa shape index (κ3) is 4.90. The second-order valence-corrected chi connectivity index (χ2v) is 7.08. The maximum atomic E-state index is 13.3. The first kappa shape index (κ1) is 20.2. The van der Waals surface area contributed by atoms with Gasteiger partial charge >= 0.3 is 0 Å². The summed E-state index contributed by atoms with van der Waals surface area (Å²) >= 11 is 0. The molecule has 1 N–H and O–H groups in total. The zero-order chi connectivity index (χ0) is 21.6. The fourth-order valence-corrected chi connectivity index (χ4v) is 3.23. The van der Waals surface area contributed by atoms with Crippen molar-refractivity contribution >= 4 is 29.1 Å². The number of hydrogen-bond donors (Lipinski definition) is 1. The second-order valence-electron chi connectivity index (χ2n) is 7.08. The van der Waals surface area contributed by atoms with E-state index in [1.807, 2.05) is 67.6 Å². The van der Waals surface area contributed by atoms with Gasteiger partial charge in [-0.05, 0) is 54.5 Å². The van der Waals surface area contributed by atoms with Gasteiger partial charge in [0.25, 0.3) is 5.91 Å². The number of amides is 1. The molecule has 0 radical (unpaired) electrons. The molecular formula is C26H20FN3O. The molecule has 4 nitrogen and oxygen atoms in total.